The Labute approximate surface area is 116 Å². The van der Waals surface area contributed by atoms with Crippen LogP contribution in [-0.2, 0) is 6.54 Å². The van der Waals surface area contributed by atoms with Crippen LogP contribution < -0.4 is 5.56 Å². The molecule has 0 spiro atoms. The maximum atomic E-state index is 12.3. The summed E-state index contributed by atoms with van der Waals surface area (Å²) in [5.74, 6) is 0. The van der Waals surface area contributed by atoms with Crippen molar-refractivity contribution in [2.75, 3.05) is 0 Å². The van der Waals surface area contributed by atoms with Crippen molar-refractivity contribution in [2.45, 2.75) is 13.5 Å². The number of hydrogen-bond donors (Lipinski definition) is 1. The van der Waals surface area contributed by atoms with Gasteiger partial charge in [0.05, 0.1) is 12.1 Å². The first-order valence-electron chi connectivity index (χ1n) is 5.39. The third-order valence-electron chi connectivity index (χ3n) is 2.88. The van der Waals surface area contributed by atoms with Gasteiger partial charge in [-0.1, -0.05) is 0 Å². The summed E-state index contributed by atoms with van der Waals surface area (Å²) in [6.07, 6.45) is 0. The number of hydrogen-bond acceptors (Lipinski definition) is 4. The maximum Gasteiger partial charge on any atom is 0.272 e. The summed E-state index contributed by atoms with van der Waals surface area (Å²) in [4.78, 5) is 15.4. The fourth-order valence-electron chi connectivity index (χ4n) is 1.83. The molecule has 0 aliphatic rings. The van der Waals surface area contributed by atoms with Crippen LogP contribution >= 0.6 is 34.9 Å². The van der Waals surface area contributed by atoms with E-state index in [1.165, 1.54) is 16.9 Å². The van der Waals surface area contributed by atoms with Crippen molar-refractivity contribution in [1.29, 1.82) is 0 Å². The summed E-state index contributed by atoms with van der Waals surface area (Å²) < 4.78 is 2.84. The standard InChI is InChI=1S/C12H10N2OS3/c1-7-5-17-6-8(7)4-14-11(15)10-9(2-3-18-10)13-12(14)16/h2-3,5-6H,4H2,1H3,(H,13,16). The van der Waals surface area contributed by atoms with E-state index in [2.05, 4.69) is 15.7 Å². The molecule has 0 bridgehead atoms. The number of thiophene rings is 2. The molecule has 0 fully saturated rings. The maximum absolute atomic E-state index is 12.3. The number of nitrogens with one attached hydrogen (secondary N) is 1. The van der Waals surface area contributed by atoms with Gasteiger partial charge >= 0.3 is 0 Å². The van der Waals surface area contributed by atoms with E-state index in [-0.39, 0.29) is 5.56 Å². The molecule has 0 saturated carbocycles. The lowest BCUT2D eigenvalue weighted by atomic mass is 10.2. The molecule has 0 aliphatic heterocycles. The summed E-state index contributed by atoms with van der Waals surface area (Å²) >= 11 is 8.36. The number of nitrogens with zero attached hydrogens (tertiary/aromatic N) is 1. The third-order valence-corrected chi connectivity index (χ3v) is 5.02. The third kappa shape index (κ3) is 1.86. The monoisotopic (exact) mass is 294 g/mol. The van der Waals surface area contributed by atoms with Gasteiger partial charge in [-0.15, -0.1) is 11.3 Å². The molecule has 3 aromatic heterocycles. The topological polar surface area (TPSA) is 37.8 Å². The Hall–Kier alpha value is -1.24. The molecular weight excluding hydrogens is 284 g/mol. The first-order valence-corrected chi connectivity index (χ1v) is 7.62. The zero-order valence-electron chi connectivity index (χ0n) is 9.60. The Morgan fingerprint density at radius 2 is 2.28 bits per heavy atom. The van der Waals surface area contributed by atoms with Crippen LogP contribution in [0.15, 0.2) is 27.0 Å². The molecular formula is C12H10N2OS3. The number of aromatic nitrogens is 2. The molecule has 3 nitrogen and oxygen atoms in total. The van der Waals surface area contributed by atoms with E-state index in [0.717, 1.165) is 15.8 Å². The first kappa shape index (κ1) is 11.8. The number of aromatic amines is 1. The van der Waals surface area contributed by atoms with Crippen molar-refractivity contribution in [2.24, 2.45) is 0 Å². The normalized spacial score (nSPS) is 11.2. The van der Waals surface area contributed by atoms with Crippen molar-refractivity contribution in [3.63, 3.8) is 0 Å². The highest BCUT2D eigenvalue weighted by Crippen LogP contribution is 2.17. The fraction of sp³-hybridized carbons (Fsp3) is 0.167. The second kappa shape index (κ2) is 4.46. The molecule has 3 heterocycles. The predicted molar refractivity (Wildman–Crippen MR) is 79.4 cm³/mol. The summed E-state index contributed by atoms with van der Waals surface area (Å²) in [6, 6.07) is 1.89. The van der Waals surface area contributed by atoms with Crippen LogP contribution in [0, 0.1) is 11.7 Å². The largest absolute Gasteiger partial charge is 0.331 e. The molecule has 0 aromatic carbocycles. The van der Waals surface area contributed by atoms with E-state index in [1.54, 1.807) is 15.9 Å². The van der Waals surface area contributed by atoms with Gasteiger partial charge in [-0.25, -0.2) is 0 Å². The van der Waals surface area contributed by atoms with Crippen molar-refractivity contribution in [1.82, 2.24) is 9.55 Å². The van der Waals surface area contributed by atoms with E-state index in [4.69, 9.17) is 12.2 Å². The van der Waals surface area contributed by atoms with E-state index in [1.807, 2.05) is 18.4 Å². The Balaban J connectivity index is 2.20. The van der Waals surface area contributed by atoms with Gasteiger partial charge in [0.1, 0.15) is 4.70 Å². The molecule has 0 aliphatic carbocycles. The van der Waals surface area contributed by atoms with Gasteiger partial charge in [0, 0.05) is 0 Å². The second-order valence-corrected chi connectivity index (χ2v) is 6.11. The van der Waals surface area contributed by atoms with Crippen molar-refractivity contribution >= 4 is 45.1 Å². The van der Waals surface area contributed by atoms with Gasteiger partial charge in [-0.3, -0.25) is 9.36 Å². The molecule has 18 heavy (non-hydrogen) atoms. The minimum absolute atomic E-state index is 0.00523. The van der Waals surface area contributed by atoms with Gasteiger partial charge in [0.15, 0.2) is 4.77 Å². The molecule has 1 N–H and O–H groups in total. The first-order chi connectivity index (χ1) is 8.66. The summed E-state index contributed by atoms with van der Waals surface area (Å²) in [5.41, 5.74) is 3.17. The minimum Gasteiger partial charge on any atom is -0.331 e. The average molecular weight is 294 g/mol. The van der Waals surface area contributed by atoms with Gasteiger partial charge in [0.2, 0.25) is 0 Å². The van der Waals surface area contributed by atoms with Crippen LogP contribution in [0.4, 0.5) is 0 Å². The van der Waals surface area contributed by atoms with Crippen LogP contribution in [0.3, 0.4) is 0 Å². The molecule has 0 radical (unpaired) electrons. The molecule has 92 valence electrons. The SMILES string of the molecule is Cc1cscc1Cn1c(=S)[nH]c2ccsc2c1=O. The predicted octanol–water partition coefficient (Wildman–Crippen LogP) is 3.54. The quantitative estimate of drug-likeness (QED) is 0.734. The number of fused-ring (bicyclic) bond motifs is 1. The van der Waals surface area contributed by atoms with Crippen LogP contribution in [0.1, 0.15) is 11.1 Å². The molecule has 0 atom stereocenters. The Morgan fingerprint density at radius 1 is 1.44 bits per heavy atom. The van der Waals surface area contributed by atoms with E-state index < -0.39 is 0 Å². The van der Waals surface area contributed by atoms with E-state index in [0.29, 0.717) is 11.3 Å². The summed E-state index contributed by atoms with van der Waals surface area (Å²) in [6.45, 7) is 2.59. The highest BCUT2D eigenvalue weighted by atomic mass is 32.1. The number of H-pyrrole nitrogens is 1. The zero-order chi connectivity index (χ0) is 12.7. The molecule has 0 unspecified atom stereocenters. The molecule has 6 heteroatoms. The molecule has 3 aromatic rings. The highest BCUT2D eigenvalue weighted by Gasteiger charge is 2.08. The smallest absolute Gasteiger partial charge is 0.272 e. The van der Waals surface area contributed by atoms with E-state index in [9.17, 15) is 4.79 Å². The Kier molecular flexibility index (Phi) is 2.93. The number of rotatable bonds is 2. The molecule has 0 saturated heterocycles. The summed E-state index contributed by atoms with van der Waals surface area (Å²) in [5, 5.41) is 6.05. The van der Waals surface area contributed by atoms with Gasteiger partial charge in [0.25, 0.3) is 5.56 Å². The van der Waals surface area contributed by atoms with Gasteiger partial charge in [-0.2, -0.15) is 11.3 Å². The van der Waals surface area contributed by atoms with Crippen LogP contribution in [0.2, 0.25) is 0 Å². The fourth-order valence-corrected chi connectivity index (χ4v) is 3.74. The molecule has 3 rings (SSSR count). The van der Waals surface area contributed by atoms with Crippen molar-refractivity contribution < 1.29 is 0 Å². The van der Waals surface area contributed by atoms with Crippen molar-refractivity contribution in [3.05, 3.63) is 48.5 Å². The minimum atomic E-state index is -0.00523. The lowest BCUT2D eigenvalue weighted by Crippen LogP contribution is -2.21. The lowest BCUT2D eigenvalue weighted by molar-refractivity contribution is 0.734. The van der Waals surface area contributed by atoms with Crippen molar-refractivity contribution in [3.8, 4) is 0 Å². The van der Waals surface area contributed by atoms with Crippen LogP contribution in [0.25, 0.3) is 10.2 Å². The van der Waals surface area contributed by atoms with Crippen LogP contribution in [0.5, 0.6) is 0 Å². The van der Waals surface area contributed by atoms with Gasteiger partial charge < -0.3 is 4.98 Å². The lowest BCUT2D eigenvalue weighted by Gasteiger charge is -2.06. The zero-order valence-corrected chi connectivity index (χ0v) is 12.0. The average Bonchev–Trinajstić information content (AvgIpc) is 2.94. The number of aryl methyl sites for hydroxylation is 1. The Morgan fingerprint density at radius 3 is 3.00 bits per heavy atom. The Bertz CT molecular complexity index is 822. The summed E-state index contributed by atoms with van der Waals surface area (Å²) in [7, 11) is 0. The highest BCUT2D eigenvalue weighted by molar-refractivity contribution is 7.71. The second-order valence-electron chi connectivity index (χ2n) is 4.06. The van der Waals surface area contributed by atoms with E-state index >= 15 is 0 Å². The molecule has 0 amide bonds. The van der Waals surface area contributed by atoms with Crippen LogP contribution in [-0.4, -0.2) is 9.55 Å². The van der Waals surface area contributed by atoms with Gasteiger partial charge in [-0.05, 0) is 52.5 Å².